The molecule has 0 aromatic rings. The van der Waals surface area contributed by atoms with E-state index in [1.54, 1.807) is 7.11 Å². The monoisotopic (exact) mass is 536 g/mol. The Kier molecular flexibility index (Phi) is 34.4. The van der Waals surface area contributed by atoms with Crippen LogP contribution in [0.25, 0.3) is 0 Å². The summed E-state index contributed by atoms with van der Waals surface area (Å²) in [6.07, 6.45) is 5.77. The number of unbranched alkanes of at least 4 members (excludes halogenated alkanes) is 2. The van der Waals surface area contributed by atoms with Gasteiger partial charge in [0.1, 0.15) is 13.2 Å². The lowest BCUT2D eigenvalue weighted by molar-refractivity contribution is -0.140. The van der Waals surface area contributed by atoms with E-state index in [0.717, 1.165) is 25.2 Å². The zero-order valence-corrected chi connectivity index (χ0v) is 22.8. The number of rotatable bonds is 27. The van der Waals surface area contributed by atoms with Gasteiger partial charge >= 0.3 is 11.9 Å². The van der Waals surface area contributed by atoms with Gasteiger partial charge in [-0.25, -0.2) is 9.59 Å². The maximum absolute atomic E-state index is 10.7. The van der Waals surface area contributed by atoms with E-state index in [4.69, 9.17) is 42.6 Å². The van der Waals surface area contributed by atoms with E-state index in [-0.39, 0.29) is 13.2 Å². The van der Waals surface area contributed by atoms with Crippen LogP contribution in [0.1, 0.15) is 26.2 Å². The van der Waals surface area contributed by atoms with Crippen molar-refractivity contribution < 1.29 is 52.2 Å². The first-order chi connectivity index (χ1) is 18.1. The third kappa shape index (κ3) is 36.4. The Morgan fingerprint density at radius 1 is 0.514 bits per heavy atom. The number of ether oxygens (including phenoxy) is 9. The number of methoxy groups -OCH3 is 1. The zero-order valence-electron chi connectivity index (χ0n) is 22.8. The van der Waals surface area contributed by atoms with Crippen LogP contribution in [0.2, 0.25) is 0 Å². The predicted octanol–water partition coefficient (Wildman–Crippen LogP) is 2.37. The summed E-state index contributed by atoms with van der Waals surface area (Å²) < 4.78 is 45.9. The molecule has 0 saturated heterocycles. The van der Waals surface area contributed by atoms with Crippen molar-refractivity contribution in [1.82, 2.24) is 0 Å². The highest BCUT2D eigenvalue weighted by molar-refractivity contribution is 5.81. The fraction of sp³-hybridized carbons (Fsp3) is 0.769. The molecule has 0 atom stereocenters. The molecule has 218 valence electrons. The van der Waals surface area contributed by atoms with Gasteiger partial charge < -0.3 is 42.6 Å². The number of hydrogen-bond donors (Lipinski definition) is 0. The van der Waals surface area contributed by atoms with E-state index < -0.39 is 11.9 Å². The molecule has 0 radical (unpaired) electrons. The Labute approximate surface area is 222 Å². The van der Waals surface area contributed by atoms with Gasteiger partial charge in [-0.3, -0.25) is 0 Å². The number of hydrogen-bond acceptors (Lipinski definition) is 11. The minimum atomic E-state index is -0.446. The molecule has 0 aliphatic heterocycles. The number of carbonyl (C=O) groups excluding carboxylic acids is 2. The van der Waals surface area contributed by atoms with E-state index in [9.17, 15) is 9.59 Å². The van der Waals surface area contributed by atoms with E-state index in [2.05, 4.69) is 20.1 Å². The van der Waals surface area contributed by atoms with Gasteiger partial charge in [0.2, 0.25) is 0 Å². The van der Waals surface area contributed by atoms with Crippen molar-refractivity contribution in [3.63, 3.8) is 0 Å². The summed E-state index contributed by atoms with van der Waals surface area (Å²) in [4.78, 5) is 21.3. The van der Waals surface area contributed by atoms with Gasteiger partial charge in [0.05, 0.1) is 79.3 Å². The maximum atomic E-state index is 10.7. The summed E-state index contributed by atoms with van der Waals surface area (Å²) >= 11 is 0. The largest absolute Gasteiger partial charge is 0.460 e. The van der Waals surface area contributed by atoms with Crippen LogP contribution in [0.3, 0.4) is 0 Å². The van der Waals surface area contributed by atoms with Crippen LogP contribution in [-0.4, -0.2) is 118 Å². The first kappa shape index (κ1) is 37.3. The van der Waals surface area contributed by atoms with E-state index >= 15 is 0 Å². The van der Waals surface area contributed by atoms with Gasteiger partial charge in [-0.1, -0.05) is 32.9 Å². The SMILES string of the molecule is C=CC(=O)OCCOCCOCCCCC.C=CC(=O)OCCOCCOCCOCCOCCOC. The molecule has 0 saturated carbocycles. The molecule has 0 aromatic heterocycles. The van der Waals surface area contributed by atoms with Crippen LogP contribution >= 0.6 is 0 Å². The van der Waals surface area contributed by atoms with Crippen LogP contribution in [0.15, 0.2) is 25.3 Å². The third-order valence-electron chi connectivity index (χ3n) is 4.09. The molecule has 0 spiro atoms. The molecule has 0 aliphatic carbocycles. The summed E-state index contributed by atoms with van der Waals surface area (Å²) in [7, 11) is 1.63. The molecule has 0 aliphatic rings. The average molecular weight is 537 g/mol. The lowest BCUT2D eigenvalue weighted by Crippen LogP contribution is -2.14. The Morgan fingerprint density at radius 3 is 1.16 bits per heavy atom. The summed E-state index contributed by atoms with van der Waals surface area (Å²) in [5.74, 6) is -0.863. The Morgan fingerprint density at radius 2 is 0.838 bits per heavy atom. The van der Waals surface area contributed by atoms with Gasteiger partial charge in [0, 0.05) is 25.9 Å². The molecular formula is C26H48O11. The highest BCUT2D eigenvalue weighted by Gasteiger charge is 1.96. The van der Waals surface area contributed by atoms with Crippen molar-refractivity contribution in [2.45, 2.75) is 26.2 Å². The highest BCUT2D eigenvalue weighted by Crippen LogP contribution is 1.94. The minimum Gasteiger partial charge on any atom is -0.460 e. The molecular weight excluding hydrogens is 488 g/mol. The lowest BCUT2D eigenvalue weighted by Gasteiger charge is -2.07. The van der Waals surface area contributed by atoms with E-state index in [0.29, 0.717) is 79.3 Å². The third-order valence-corrected chi connectivity index (χ3v) is 4.09. The number of esters is 2. The fourth-order valence-electron chi connectivity index (χ4n) is 2.20. The molecule has 0 rings (SSSR count). The molecule has 0 amide bonds. The second-order valence-electron chi connectivity index (χ2n) is 7.12. The quantitative estimate of drug-likeness (QED) is 0.0875. The molecule has 11 nitrogen and oxygen atoms in total. The van der Waals surface area contributed by atoms with Crippen molar-refractivity contribution in [2.75, 3.05) is 106 Å². The van der Waals surface area contributed by atoms with E-state index in [1.807, 2.05) is 0 Å². The van der Waals surface area contributed by atoms with Crippen LogP contribution < -0.4 is 0 Å². The van der Waals surface area contributed by atoms with Crippen molar-refractivity contribution in [1.29, 1.82) is 0 Å². The Bertz CT molecular complexity index is 515. The Balaban J connectivity index is 0. The second kappa shape index (κ2) is 34.1. The topological polar surface area (TPSA) is 117 Å². The minimum absolute atomic E-state index is 0.219. The normalized spacial score (nSPS) is 10.3. The molecule has 0 aromatic carbocycles. The average Bonchev–Trinajstić information content (AvgIpc) is 2.91. The summed E-state index contributed by atoms with van der Waals surface area (Å²) in [5, 5.41) is 0. The molecule has 0 fully saturated rings. The smallest absolute Gasteiger partial charge is 0.330 e. The van der Waals surface area contributed by atoms with Crippen LogP contribution in [0.4, 0.5) is 0 Å². The van der Waals surface area contributed by atoms with Crippen LogP contribution in [0, 0.1) is 0 Å². The summed E-state index contributed by atoms with van der Waals surface area (Å²) in [6, 6.07) is 0. The fourth-order valence-corrected chi connectivity index (χ4v) is 2.20. The van der Waals surface area contributed by atoms with E-state index in [1.165, 1.54) is 12.8 Å². The zero-order chi connectivity index (χ0) is 27.7. The van der Waals surface area contributed by atoms with Crippen LogP contribution in [-0.2, 0) is 52.2 Å². The lowest BCUT2D eigenvalue weighted by atomic mass is 10.3. The predicted molar refractivity (Wildman–Crippen MR) is 139 cm³/mol. The van der Waals surface area contributed by atoms with Gasteiger partial charge in [-0.15, -0.1) is 0 Å². The molecule has 0 bridgehead atoms. The maximum Gasteiger partial charge on any atom is 0.330 e. The Hall–Kier alpha value is -1.86. The first-order valence-electron chi connectivity index (χ1n) is 12.7. The van der Waals surface area contributed by atoms with Gasteiger partial charge in [0.15, 0.2) is 0 Å². The van der Waals surface area contributed by atoms with Gasteiger partial charge in [-0.2, -0.15) is 0 Å². The van der Waals surface area contributed by atoms with Crippen molar-refractivity contribution in [3.05, 3.63) is 25.3 Å². The van der Waals surface area contributed by atoms with Crippen molar-refractivity contribution in [2.24, 2.45) is 0 Å². The van der Waals surface area contributed by atoms with Gasteiger partial charge in [0.25, 0.3) is 0 Å². The summed E-state index contributed by atoms with van der Waals surface area (Å²) in [6.45, 7) is 16.1. The molecule has 11 heteroatoms. The molecule has 0 heterocycles. The van der Waals surface area contributed by atoms with Gasteiger partial charge in [-0.05, 0) is 6.42 Å². The van der Waals surface area contributed by atoms with Crippen molar-refractivity contribution >= 4 is 11.9 Å². The molecule has 37 heavy (non-hydrogen) atoms. The summed E-state index contributed by atoms with van der Waals surface area (Å²) in [5.41, 5.74) is 0. The molecule has 0 unspecified atom stereocenters. The number of carbonyl (C=O) groups is 2. The van der Waals surface area contributed by atoms with Crippen LogP contribution in [0.5, 0.6) is 0 Å². The molecule has 0 N–H and O–H groups in total. The first-order valence-corrected chi connectivity index (χ1v) is 12.7. The second-order valence-corrected chi connectivity index (χ2v) is 7.12. The standard InChI is InChI=1S/C14H26O7.C12H22O4/c1-3-14(15)21-13-12-20-11-10-19-9-8-18-7-6-17-5-4-16-2;1-3-5-6-7-14-8-9-15-10-11-16-12(13)4-2/h3H,1,4-13H2,2H3;4H,2-3,5-11H2,1H3. The highest BCUT2D eigenvalue weighted by atomic mass is 16.6. The van der Waals surface area contributed by atoms with Crippen molar-refractivity contribution in [3.8, 4) is 0 Å².